The summed E-state index contributed by atoms with van der Waals surface area (Å²) in [5.41, 5.74) is 1.71. The molecular weight excluding hydrogens is 282 g/mol. The average molecular weight is 301 g/mol. The lowest BCUT2D eigenvalue weighted by atomic mass is 10.4. The van der Waals surface area contributed by atoms with Crippen LogP contribution in [0, 0.1) is 6.92 Å². The molecule has 1 fully saturated rings. The number of amides is 1. The van der Waals surface area contributed by atoms with Crippen molar-refractivity contribution in [1.82, 2.24) is 19.7 Å². The van der Waals surface area contributed by atoms with Crippen LogP contribution in [0.2, 0.25) is 0 Å². The van der Waals surface area contributed by atoms with E-state index in [0.29, 0.717) is 25.6 Å². The molecule has 1 N–H and O–H groups in total. The van der Waals surface area contributed by atoms with Crippen LogP contribution in [0.25, 0.3) is 5.69 Å². The van der Waals surface area contributed by atoms with Gasteiger partial charge in [0.05, 0.1) is 31.1 Å². The van der Waals surface area contributed by atoms with Crippen molar-refractivity contribution in [2.24, 2.45) is 0 Å². The van der Waals surface area contributed by atoms with E-state index in [2.05, 4.69) is 20.3 Å². The highest BCUT2D eigenvalue weighted by Crippen LogP contribution is 2.16. The molecule has 0 unspecified atom stereocenters. The maximum absolute atomic E-state index is 12.2. The summed E-state index contributed by atoms with van der Waals surface area (Å²) in [5, 5.41) is 7.36. The first kappa shape index (κ1) is 14.7. The largest absolute Gasteiger partial charge is 0.379 e. The van der Waals surface area contributed by atoms with Crippen molar-refractivity contribution in [3.63, 3.8) is 0 Å². The molecule has 3 rings (SSSR count). The summed E-state index contributed by atoms with van der Waals surface area (Å²) in [6.07, 6.45) is 3.40. The highest BCUT2D eigenvalue weighted by molar-refractivity contribution is 5.91. The molecule has 0 radical (unpaired) electrons. The number of aryl methyl sites for hydroxylation is 1. The molecule has 1 aliphatic heterocycles. The van der Waals surface area contributed by atoms with E-state index in [0.717, 1.165) is 24.5 Å². The minimum absolute atomic E-state index is 0.0443. The summed E-state index contributed by atoms with van der Waals surface area (Å²) in [7, 11) is 0. The van der Waals surface area contributed by atoms with Gasteiger partial charge in [0, 0.05) is 31.5 Å². The number of nitrogens with one attached hydrogen (secondary N) is 1. The van der Waals surface area contributed by atoms with Gasteiger partial charge < -0.3 is 10.1 Å². The fourth-order valence-corrected chi connectivity index (χ4v) is 2.42. The lowest BCUT2D eigenvalue weighted by molar-refractivity contribution is -0.118. The van der Waals surface area contributed by atoms with Gasteiger partial charge in [0.15, 0.2) is 0 Å². The topological polar surface area (TPSA) is 72.3 Å². The number of rotatable bonds is 4. The molecule has 0 aromatic carbocycles. The van der Waals surface area contributed by atoms with Gasteiger partial charge in [-0.25, -0.2) is 4.68 Å². The second kappa shape index (κ2) is 6.67. The normalized spacial score (nSPS) is 15.7. The van der Waals surface area contributed by atoms with Crippen molar-refractivity contribution in [2.75, 3.05) is 38.2 Å². The summed E-state index contributed by atoms with van der Waals surface area (Å²) in [5.74, 6) is 0.624. The molecule has 0 spiro atoms. The molecule has 22 heavy (non-hydrogen) atoms. The van der Waals surface area contributed by atoms with Crippen LogP contribution in [0.1, 0.15) is 5.69 Å². The van der Waals surface area contributed by atoms with Crippen LogP contribution in [0.15, 0.2) is 30.6 Å². The van der Waals surface area contributed by atoms with Gasteiger partial charge in [0.2, 0.25) is 5.91 Å². The third-order valence-corrected chi connectivity index (χ3v) is 3.48. The summed E-state index contributed by atoms with van der Waals surface area (Å²) in [6.45, 7) is 5.20. The second-order valence-corrected chi connectivity index (χ2v) is 5.22. The summed E-state index contributed by atoms with van der Waals surface area (Å²) in [6, 6.07) is 5.56. The number of nitrogens with zero attached hydrogens (tertiary/aromatic N) is 4. The van der Waals surface area contributed by atoms with Crippen LogP contribution < -0.4 is 5.32 Å². The van der Waals surface area contributed by atoms with E-state index in [1.807, 2.05) is 25.1 Å². The van der Waals surface area contributed by atoms with Gasteiger partial charge in [-0.2, -0.15) is 5.10 Å². The number of hydrogen-bond acceptors (Lipinski definition) is 5. The lowest BCUT2D eigenvalue weighted by Crippen LogP contribution is -2.41. The molecule has 0 saturated carbocycles. The Kier molecular flexibility index (Phi) is 4.45. The third kappa shape index (κ3) is 3.49. The minimum atomic E-state index is -0.0443. The molecule has 2 aromatic rings. The summed E-state index contributed by atoms with van der Waals surface area (Å²) < 4.78 is 7.00. The lowest BCUT2D eigenvalue weighted by Gasteiger charge is -2.25. The zero-order chi connectivity index (χ0) is 15.4. The summed E-state index contributed by atoms with van der Waals surface area (Å²) >= 11 is 0. The first-order valence-corrected chi connectivity index (χ1v) is 7.29. The standard InChI is InChI=1S/C15H19N5O2/c1-12-10-14(20(18-12)13-2-4-16-5-3-13)17-15(21)11-19-6-8-22-9-7-19/h2-5,10H,6-9,11H2,1H3,(H,17,21). The number of pyridine rings is 1. The number of carbonyl (C=O) groups is 1. The zero-order valence-corrected chi connectivity index (χ0v) is 12.5. The van der Waals surface area contributed by atoms with Crippen LogP contribution in [0.3, 0.4) is 0 Å². The molecule has 0 atom stereocenters. The van der Waals surface area contributed by atoms with E-state index in [-0.39, 0.29) is 5.91 Å². The quantitative estimate of drug-likeness (QED) is 0.906. The van der Waals surface area contributed by atoms with E-state index < -0.39 is 0 Å². The monoisotopic (exact) mass is 301 g/mol. The molecule has 7 heteroatoms. The fourth-order valence-electron chi connectivity index (χ4n) is 2.42. The molecule has 0 bridgehead atoms. The highest BCUT2D eigenvalue weighted by atomic mass is 16.5. The Morgan fingerprint density at radius 2 is 2.05 bits per heavy atom. The molecule has 1 saturated heterocycles. The van der Waals surface area contributed by atoms with Gasteiger partial charge in [-0.15, -0.1) is 0 Å². The van der Waals surface area contributed by atoms with Crippen LogP contribution in [-0.4, -0.2) is 58.4 Å². The van der Waals surface area contributed by atoms with Gasteiger partial charge in [-0.3, -0.25) is 14.7 Å². The van der Waals surface area contributed by atoms with E-state index in [9.17, 15) is 4.79 Å². The van der Waals surface area contributed by atoms with Crippen molar-refractivity contribution < 1.29 is 9.53 Å². The Bertz CT molecular complexity index is 635. The Morgan fingerprint density at radius 3 is 2.77 bits per heavy atom. The number of aromatic nitrogens is 3. The number of anilines is 1. The molecule has 2 aromatic heterocycles. The smallest absolute Gasteiger partial charge is 0.239 e. The maximum Gasteiger partial charge on any atom is 0.239 e. The van der Waals surface area contributed by atoms with Gasteiger partial charge in [-0.1, -0.05) is 0 Å². The number of carbonyl (C=O) groups excluding carboxylic acids is 1. The van der Waals surface area contributed by atoms with Crippen LogP contribution in [-0.2, 0) is 9.53 Å². The molecule has 7 nitrogen and oxygen atoms in total. The van der Waals surface area contributed by atoms with Gasteiger partial charge in [0.1, 0.15) is 5.82 Å². The first-order valence-electron chi connectivity index (χ1n) is 7.29. The van der Waals surface area contributed by atoms with Crippen molar-refractivity contribution >= 4 is 11.7 Å². The third-order valence-electron chi connectivity index (χ3n) is 3.48. The second-order valence-electron chi connectivity index (χ2n) is 5.22. The maximum atomic E-state index is 12.2. The van der Waals surface area contributed by atoms with E-state index in [4.69, 9.17) is 4.74 Å². The zero-order valence-electron chi connectivity index (χ0n) is 12.5. The first-order chi connectivity index (χ1) is 10.7. The van der Waals surface area contributed by atoms with E-state index in [1.54, 1.807) is 17.1 Å². The molecule has 0 aliphatic carbocycles. The molecule has 1 aliphatic rings. The van der Waals surface area contributed by atoms with Crippen LogP contribution >= 0.6 is 0 Å². The molecular formula is C15H19N5O2. The minimum Gasteiger partial charge on any atom is -0.379 e. The SMILES string of the molecule is Cc1cc(NC(=O)CN2CCOCC2)n(-c2ccncc2)n1. The van der Waals surface area contributed by atoms with Crippen molar-refractivity contribution in [3.05, 3.63) is 36.3 Å². The van der Waals surface area contributed by atoms with E-state index in [1.165, 1.54) is 0 Å². The number of ether oxygens (including phenoxy) is 1. The van der Waals surface area contributed by atoms with Gasteiger partial charge in [-0.05, 0) is 19.1 Å². The van der Waals surface area contributed by atoms with Crippen molar-refractivity contribution in [1.29, 1.82) is 0 Å². The van der Waals surface area contributed by atoms with E-state index >= 15 is 0 Å². The Balaban J connectivity index is 1.71. The van der Waals surface area contributed by atoms with Crippen molar-refractivity contribution in [3.8, 4) is 5.69 Å². The average Bonchev–Trinajstić information content (AvgIpc) is 2.89. The van der Waals surface area contributed by atoms with Crippen molar-refractivity contribution in [2.45, 2.75) is 6.92 Å². The Morgan fingerprint density at radius 1 is 1.32 bits per heavy atom. The summed E-state index contributed by atoms with van der Waals surface area (Å²) in [4.78, 5) is 18.3. The predicted molar refractivity (Wildman–Crippen MR) is 82.0 cm³/mol. The molecule has 3 heterocycles. The number of hydrogen-bond donors (Lipinski definition) is 1. The Labute approximate surface area is 128 Å². The molecule has 116 valence electrons. The number of morpholine rings is 1. The highest BCUT2D eigenvalue weighted by Gasteiger charge is 2.16. The Hall–Kier alpha value is -2.25. The molecule has 1 amide bonds. The predicted octanol–water partition coefficient (Wildman–Crippen LogP) is 0.846. The van der Waals surface area contributed by atoms with Crippen LogP contribution in [0.4, 0.5) is 5.82 Å². The van der Waals surface area contributed by atoms with Gasteiger partial charge >= 0.3 is 0 Å². The van der Waals surface area contributed by atoms with Gasteiger partial charge in [0.25, 0.3) is 0 Å². The fraction of sp³-hybridized carbons (Fsp3) is 0.400. The van der Waals surface area contributed by atoms with Crippen LogP contribution in [0.5, 0.6) is 0 Å².